The van der Waals surface area contributed by atoms with Gasteiger partial charge in [-0.25, -0.2) is 4.39 Å². The zero-order valence-corrected chi connectivity index (χ0v) is 15.6. The van der Waals surface area contributed by atoms with Crippen LogP contribution in [0, 0.1) is 0 Å². The molecule has 0 fully saturated rings. The summed E-state index contributed by atoms with van der Waals surface area (Å²) in [6.07, 6.45) is -0.0251. The number of hydrogen-bond donors (Lipinski definition) is 3. The van der Waals surface area contributed by atoms with Crippen LogP contribution in [0.15, 0.2) is 59.6 Å². The van der Waals surface area contributed by atoms with Crippen molar-refractivity contribution >= 4 is 11.6 Å². The van der Waals surface area contributed by atoms with Crippen molar-refractivity contribution in [2.24, 2.45) is 0 Å². The van der Waals surface area contributed by atoms with E-state index in [0.717, 1.165) is 22.5 Å². The molecule has 0 aliphatic carbocycles. The highest BCUT2D eigenvalue weighted by molar-refractivity contribution is 5.79. The Balaban J connectivity index is 1.63. The number of carbonyl (C=O) groups is 1. The van der Waals surface area contributed by atoms with Gasteiger partial charge in [-0.15, -0.1) is 0 Å². The van der Waals surface area contributed by atoms with Gasteiger partial charge in [-0.3, -0.25) is 9.78 Å². The molecule has 30 heavy (non-hydrogen) atoms. The number of aliphatic hydroxyl groups is 1. The molecule has 0 radical (unpaired) electrons. The Labute approximate surface area is 169 Å². The lowest BCUT2D eigenvalue weighted by Gasteiger charge is -2.22. The van der Waals surface area contributed by atoms with Crippen molar-refractivity contribution in [1.82, 2.24) is 15.5 Å². The molecule has 3 N–H and O–H groups in total. The molecule has 3 rings (SSSR count). The first-order valence-electron chi connectivity index (χ1n) is 8.99. The third kappa shape index (κ3) is 5.35. The van der Waals surface area contributed by atoms with Gasteiger partial charge in [0.15, 0.2) is 0 Å². The van der Waals surface area contributed by atoms with E-state index in [0.29, 0.717) is 12.1 Å². The smallest absolute Gasteiger partial charge is 0.315 e. The summed E-state index contributed by atoms with van der Waals surface area (Å²) in [6.45, 7) is -0.697. The second-order valence-electron chi connectivity index (χ2n) is 6.44. The first-order valence-corrected chi connectivity index (χ1v) is 8.99. The summed E-state index contributed by atoms with van der Waals surface area (Å²) in [5.74, 6) is -1.63. The molecule has 3 aromatic rings. The number of aromatic nitrogens is 2. The van der Waals surface area contributed by atoms with Crippen molar-refractivity contribution in [3.63, 3.8) is 0 Å². The summed E-state index contributed by atoms with van der Waals surface area (Å²) in [6, 6.07) is 8.71. The summed E-state index contributed by atoms with van der Waals surface area (Å²) in [7, 11) is 0. The number of halogens is 3. The minimum atomic E-state index is -3.28. The minimum Gasteiger partial charge on any atom is -0.386 e. The maximum absolute atomic E-state index is 13.1. The van der Waals surface area contributed by atoms with E-state index in [1.807, 2.05) is 12.1 Å². The zero-order chi connectivity index (χ0) is 21.5. The van der Waals surface area contributed by atoms with Gasteiger partial charge in [0.25, 0.3) is 5.91 Å². The van der Waals surface area contributed by atoms with E-state index in [1.165, 1.54) is 6.26 Å². The molecular weight excluding hydrogens is 401 g/mol. The van der Waals surface area contributed by atoms with E-state index in [2.05, 4.69) is 15.5 Å². The van der Waals surface area contributed by atoms with Crippen molar-refractivity contribution in [2.45, 2.75) is 25.1 Å². The fourth-order valence-electron chi connectivity index (χ4n) is 2.74. The Morgan fingerprint density at radius 2 is 1.83 bits per heavy atom. The molecule has 0 saturated carbocycles. The standard InChI is InChI=1S/C20H19F3N4O3/c21-7-17(27-20(29)19(22)23)18(28)13-3-1-12(2-4-13)14-5-6-15(24-8-14)9-25-16-10-26-30-11-16/h1-6,8,10-11,17-19,25,28H,7,9H2,(H,27,29)/t17-,18-/m1/s1. The second-order valence-corrected chi connectivity index (χ2v) is 6.44. The van der Waals surface area contributed by atoms with E-state index >= 15 is 0 Å². The van der Waals surface area contributed by atoms with E-state index in [-0.39, 0.29) is 0 Å². The summed E-state index contributed by atoms with van der Waals surface area (Å²) < 4.78 is 42.5. The molecule has 0 saturated heterocycles. The summed E-state index contributed by atoms with van der Waals surface area (Å²) >= 11 is 0. The molecule has 2 aromatic heterocycles. The second kappa shape index (κ2) is 9.88. The first kappa shape index (κ1) is 21.3. The van der Waals surface area contributed by atoms with Crippen LogP contribution in [0.25, 0.3) is 11.1 Å². The number of pyridine rings is 1. The molecule has 0 unspecified atom stereocenters. The average Bonchev–Trinajstić information content (AvgIpc) is 3.29. The lowest BCUT2D eigenvalue weighted by molar-refractivity contribution is -0.133. The largest absolute Gasteiger partial charge is 0.386 e. The summed E-state index contributed by atoms with van der Waals surface area (Å²) in [5.41, 5.74) is 3.44. The Kier molecular flexibility index (Phi) is 7.02. The topological polar surface area (TPSA) is 100 Å². The zero-order valence-electron chi connectivity index (χ0n) is 15.6. The number of carbonyl (C=O) groups excluding carboxylic acids is 1. The van der Waals surface area contributed by atoms with Crippen LogP contribution < -0.4 is 10.6 Å². The molecule has 0 bridgehead atoms. The maximum Gasteiger partial charge on any atom is 0.315 e. The van der Waals surface area contributed by atoms with Crippen molar-refractivity contribution < 1.29 is 27.6 Å². The Hall–Kier alpha value is -3.40. The van der Waals surface area contributed by atoms with Gasteiger partial charge < -0.3 is 20.3 Å². The normalized spacial score (nSPS) is 13.1. The van der Waals surface area contributed by atoms with E-state index in [1.54, 1.807) is 42.0 Å². The molecule has 0 aliphatic heterocycles. The molecule has 1 amide bonds. The number of nitrogens with zero attached hydrogens (tertiary/aromatic N) is 2. The number of aliphatic hydroxyl groups excluding tert-OH is 1. The number of rotatable bonds is 9. The van der Waals surface area contributed by atoms with Gasteiger partial charge in [-0.05, 0) is 17.2 Å². The molecule has 2 heterocycles. The number of hydrogen-bond acceptors (Lipinski definition) is 6. The minimum absolute atomic E-state index is 0.290. The lowest BCUT2D eigenvalue weighted by Crippen LogP contribution is -2.43. The quantitative estimate of drug-likeness (QED) is 0.492. The van der Waals surface area contributed by atoms with Gasteiger partial charge in [0.2, 0.25) is 0 Å². The van der Waals surface area contributed by atoms with Crippen LogP contribution in [0.3, 0.4) is 0 Å². The van der Waals surface area contributed by atoms with Crippen molar-refractivity contribution in [3.05, 3.63) is 66.3 Å². The Morgan fingerprint density at radius 1 is 1.10 bits per heavy atom. The van der Waals surface area contributed by atoms with Crippen molar-refractivity contribution in [2.75, 3.05) is 12.0 Å². The van der Waals surface area contributed by atoms with Crippen LogP contribution in [-0.4, -0.2) is 40.3 Å². The monoisotopic (exact) mass is 420 g/mol. The average molecular weight is 420 g/mol. The molecule has 10 heteroatoms. The number of amides is 1. The molecule has 0 aliphatic rings. The predicted octanol–water partition coefficient (Wildman–Crippen LogP) is 3.10. The van der Waals surface area contributed by atoms with Gasteiger partial charge in [0, 0.05) is 11.8 Å². The van der Waals surface area contributed by atoms with Crippen LogP contribution in [0.2, 0.25) is 0 Å². The SMILES string of the molecule is O=C(N[C@H](CF)[C@H](O)c1ccc(-c2ccc(CNc3cnoc3)nc2)cc1)C(F)F. The van der Waals surface area contributed by atoms with Crippen LogP contribution in [0.1, 0.15) is 17.4 Å². The number of nitrogens with one attached hydrogen (secondary N) is 2. The van der Waals surface area contributed by atoms with Gasteiger partial charge in [0.05, 0.1) is 30.2 Å². The van der Waals surface area contributed by atoms with Gasteiger partial charge in [-0.2, -0.15) is 8.78 Å². The maximum atomic E-state index is 13.1. The highest BCUT2D eigenvalue weighted by Crippen LogP contribution is 2.24. The fraction of sp³-hybridized carbons (Fsp3) is 0.250. The molecule has 1 aromatic carbocycles. The van der Waals surface area contributed by atoms with E-state index in [9.17, 15) is 23.1 Å². The molecule has 7 nitrogen and oxygen atoms in total. The highest BCUT2D eigenvalue weighted by Gasteiger charge is 2.26. The fourth-order valence-corrected chi connectivity index (χ4v) is 2.74. The van der Waals surface area contributed by atoms with Gasteiger partial charge in [0.1, 0.15) is 19.0 Å². The van der Waals surface area contributed by atoms with Crippen LogP contribution in [0.5, 0.6) is 0 Å². The molecule has 158 valence electrons. The van der Waals surface area contributed by atoms with Gasteiger partial charge in [-0.1, -0.05) is 35.5 Å². The Bertz CT molecular complexity index is 935. The summed E-state index contributed by atoms with van der Waals surface area (Å²) in [4.78, 5) is 15.4. The van der Waals surface area contributed by atoms with E-state index < -0.39 is 31.2 Å². The lowest BCUT2D eigenvalue weighted by atomic mass is 9.99. The Morgan fingerprint density at radius 3 is 2.40 bits per heavy atom. The first-order chi connectivity index (χ1) is 14.5. The van der Waals surface area contributed by atoms with Crippen LogP contribution in [-0.2, 0) is 11.3 Å². The van der Waals surface area contributed by atoms with Gasteiger partial charge >= 0.3 is 6.43 Å². The summed E-state index contributed by atoms with van der Waals surface area (Å²) in [5, 5.41) is 18.7. The van der Waals surface area contributed by atoms with Crippen molar-refractivity contribution in [3.8, 4) is 11.1 Å². The van der Waals surface area contributed by atoms with E-state index in [4.69, 9.17) is 4.52 Å². The molecule has 0 spiro atoms. The third-order valence-corrected chi connectivity index (χ3v) is 4.39. The van der Waals surface area contributed by atoms with Crippen LogP contribution in [0.4, 0.5) is 18.9 Å². The molecular formula is C20H19F3N4O3. The predicted molar refractivity (Wildman–Crippen MR) is 102 cm³/mol. The van der Waals surface area contributed by atoms with Crippen LogP contribution >= 0.6 is 0 Å². The third-order valence-electron chi connectivity index (χ3n) is 4.39. The number of alkyl halides is 3. The highest BCUT2D eigenvalue weighted by atomic mass is 19.3. The number of benzene rings is 1. The number of anilines is 1. The van der Waals surface area contributed by atoms with Crippen molar-refractivity contribution in [1.29, 1.82) is 0 Å². The molecule has 2 atom stereocenters.